The molecule has 80 valence electrons. The van der Waals surface area contributed by atoms with Crippen LogP contribution in [0.15, 0.2) is 0 Å². The van der Waals surface area contributed by atoms with Crippen molar-refractivity contribution < 1.29 is 0 Å². The van der Waals surface area contributed by atoms with Crippen molar-refractivity contribution in [2.45, 2.75) is 51.6 Å². The number of aryl methyl sites for hydroxylation is 1. The third kappa shape index (κ3) is 1.37. The molecule has 1 aliphatic heterocycles. The first-order valence-corrected chi connectivity index (χ1v) is 5.83. The van der Waals surface area contributed by atoms with E-state index in [2.05, 4.69) is 19.2 Å². The molecule has 0 amide bonds. The van der Waals surface area contributed by atoms with Gasteiger partial charge in [0.1, 0.15) is 5.82 Å². The molecular weight excluding hydrogens is 186 g/mol. The molecule has 1 saturated carbocycles. The normalized spacial score (nSPS) is 21.5. The molecule has 3 nitrogen and oxygen atoms in total. The second-order valence-corrected chi connectivity index (χ2v) is 4.94. The molecule has 1 aromatic heterocycles. The molecule has 15 heavy (non-hydrogen) atoms. The molecule has 0 radical (unpaired) electrons. The highest BCUT2D eigenvalue weighted by Gasteiger charge is 2.42. The summed E-state index contributed by atoms with van der Waals surface area (Å²) in [6.07, 6.45) is 3.53. The third-order valence-electron chi connectivity index (χ3n) is 3.65. The van der Waals surface area contributed by atoms with E-state index in [4.69, 9.17) is 9.97 Å². The smallest absolute Gasteiger partial charge is 0.134 e. The van der Waals surface area contributed by atoms with Crippen LogP contribution in [-0.4, -0.2) is 9.97 Å². The van der Waals surface area contributed by atoms with Crippen LogP contribution in [-0.2, 0) is 24.9 Å². The van der Waals surface area contributed by atoms with Gasteiger partial charge in [-0.05, 0) is 19.3 Å². The number of hydrogen-bond acceptors (Lipinski definition) is 3. The van der Waals surface area contributed by atoms with Crippen LogP contribution < -0.4 is 5.32 Å². The molecule has 0 bridgehead atoms. The minimum atomic E-state index is 0.293. The second-order valence-electron chi connectivity index (χ2n) is 4.94. The minimum absolute atomic E-state index is 0.293. The van der Waals surface area contributed by atoms with Crippen LogP contribution in [0.3, 0.4) is 0 Å². The Morgan fingerprint density at radius 3 is 2.73 bits per heavy atom. The van der Waals surface area contributed by atoms with E-state index in [1.165, 1.54) is 29.8 Å². The molecule has 1 aliphatic carbocycles. The van der Waals surface area contributed by atoms with Crippen LogP contribution in [0.25, 0.3) is 0 Å². The number of nitrogens with zero attached hydrogens (tertiary/aromatic N) is 2. The highest BCUT2D eigenvalue weighted by molar-refractivity contribution is 5.32. The lowest BCUT2D eigenvalue weighted by atomic mass is 10.1. The molecular formula is C12H17N3. The number of rotatable bonds is 2. The topological polar surface area (TPSA) is 37.8 Å². The molecule has 0 aromatic carbocycles. The molecule has 1 aromatic rings. The first-order chi connectivity index (χ1) is 7.23. The van der Waals surface area contributed by atoms with Crippen LogP contribution >= 0.6 is 0 Å². The Labute approximate surface area is 90.3 Å². The SMILES string of the molecule is CCc1nc(C2(C)CC2)nc2c1CNC2. The fraction of sp³-hybridized carbons (Fsp3) is 0.667. The lowest BCUT2D eigenvalue weighted by Gasteiger charge is -2.11. The lowest BCUT2D eigenvalue weighted by molar-refractivity contribution is 0.686. The van der Waals surface area contributed by atoms with Crippen molar-refractivity contribution in [3.8, 4) is 0 Å². The first kappa shape index (κ1) is 9.28. The Morgan fingerprint density at radius 2 is 2.07 bits per heavy atom. The zero-order valence-corrected chi connectivity index (χ0v) is 9.43. The molecule has 0 unspecified atom stereocenters. The van der Waals surface area contributed by atoms with Gasteiger partial charge in [-0.15, -0.1) is 0 Å². The van der Waals surface area contributed by atoms with Crippen molar-refractivity contribution in [2.75, 3.05) is 0 Å². The van der Waals surface area contributed by atoms with E-state index in [1.54, 1.807) is 0 Å². The summed E-state index contributed by atoms with van der Waals surface area (Å²) in [6.45, 7) is 6.33. The first-order valence-electron chi connectivity index (χ1n) is 5.83. The van der Waals surface area contributed by atoms with Gasteiger partial charge in [0.15, 0.2) is 0 Å². The largest absolute Gasteiger partial charge is 0.307 e. The van der Waals surface area contributed by atoms with E-state index < -0.39 is 0 Å². The fourth-order valence-electron chi connectivity index (χ4n) is 2.21. The number of aromatic nitrogens is 2. The molecule has 0 atom stereocenters. The number of fused-ring (bicyclic) bond motifs is 1. The molecule has 0 saturated heterocycles. The molecule has 0 spiro atoms. The van der Waals surface area contributed by atoms with Crippen LogP contribution in [0.4, 0.5) is 0 Å². The predicted octanol–water partition coefficient (Wildman–Crippen LogP) is 1.69. The van der Waals surface area contributed by atoms with Crippen molar-refractivity contribution in [3.63, 3.8) is 0 Å². The maximum Gasteiger partial charge on any atom is 0.134 e. The van der Waals surface area contributed by atoms with Gasteiger partial charge in [0.05, 0.1) is 5.69 Å². The van der Waals surface area contributed by atoms with E-state index in [0.717, 1.165) is 25.3 Å². The predicted molar refractivity (Wildman–Crippen MR) is 58.5 cm³/mol. The standard InChI is InChI=1S/C12H17N3/c1-3-9-8-6-13-7-10(8)15-11(14-9)12(2)4-5-12/h13H,3-7H2,1-2H3. The van der Waals surface area contributed by atoms with Crippen molar-refractivity contribution in [1.82, 2.24) is 15.3 Å². The van der Waals surface area contributed by atoms with Gasteiger partial charge in [-0.2, -0.15) is 0 Å². The second kappa shape index (κ2) is 3.01. The number of nitrogens with one attached hydrogen (secondary N) is 1. The van der Waals surface area contributed by atoms with Crippen LogP contribution in [0, 0.1) is 0 Å². The van der Waals surface area contributed by atoms with E-state index in [9.17, 15) is 0 Å². The van der Waals surface area contributed by atoms with Crippen molar-refractivity contribution in [2.24, 2.45) is 0 Å². The van der Waals surface area contributed by atoms with Crippen LogP contribution in [0.2, 0.25) is 0 Å². The van der Waals surface area contributed by atoms with Crippen molar-refractivity contribution >= 4 is 0 Å². The monoisotopic (exact) mass is 203 g/mol. The maximum absolute atomic E-state index is 4.75. The Morgan fingerprint density at radius 1 is 1.27 bits per heavy atom. The molecule has 3 heteroatoms. The average molecular weight is 203 g/mol. The van der Waals surface area contributed by atoms with E-state index in [-0.39, 0.29) is 0 Å². The molecule has 2 heterocycles. The summed E-state index contributed by atoms with van der Waals surface area (Å²) in [4.78, 5) is 9.47. The Bertz CT molecular complexity index is 408. The Kier molecular flexibility index (Phi) is 1.87. The van der Waals surface area contributed by atoms with Gasteiger partial charge in [-0.3, -0.25) is 0 Å². The molecule has 3 rings (SSSR count). The molecule has 2 aliphatic rings. The van der Waals surface area contributed by atoms with Crippen LogP contribution in [0.5, 0.6) is 0 Å². The van der Waals surface area contributed by atoms with Gasteiger partial charge >= 0.3 is 0 Å². The van der Waals surface area contributed by atoms with E-state index >= 15 is 0 Å². The maximum atomic E-state index is 4.75. The van der Waals surface area contributed by atoms with Gasteiger partial charge in [0.25, 0.3) is 0 Å². The third-order valence-corrected chi connectivity index (χ3v) is 3.65. The zero-order chi connectivity index (χ0) is 10.5. The van der Waals surface area contributed by atoms with Crippen molar-refractivity contribution in [3.05, 3.63) is 22.8 Å². The quantitative estimate of drug-likeness (QED) is 0.795. The minimum Gasteiger partial charge on any atom is -0.307 e. The van der Waals surface area contributed by atoms with Crippen LogP contribution in [0.1, 0.15) is 49.5 Å². The summed E-state index contributed by atoms with van der Waals surface area (Å²) in [5.41, 5.74) is 4.14. The average Bonchev–Trinajstić information content (AvgIpc) is 2.82. The molecule has 1 N–H and O–H groups in total. The molecule has 1 fully saturated rings. The summed E-state index contributed by atoms with van der Waals surface area (Å²) in [6, 6.07) is 0. The summed E-state index contributed by atoms with van der Waals surface area (Å²) in [5, 5.41) is 3.36. The summed E-state index contributed by atoms with van der Waals surface area (Å²) in [7, 11) is 0. The Balaban J connectivity index is 2.11. The highest BCUT2D eigenvalue weighted by Crippen LogP contribution is 2.46. The van der Waals surface area contributed by atoms with Gasteiger partial charge in [-0.25, -0.2) is 9.97 Å². The summed E-state index contributed by atoms with van der Waals surface area (Å²) >= 11 is 0. The van der Waals surface area contributed by atoms with Gasteiger partial charge in [-0.1, -0.05) is 13.8 Å². The fourth-order valence-corrected chi connectivity index (χ4v) is 2.21. The van der Waals surface area contributed by atoms with Gasteiger partial charge in [0, 0.05) is 29.8 Å². The van der Waals surface area contributed by atoms with Gasteiger partial charge < -0.3 is 5.32 Å². The lowest BCUT2D eigenvalue weighted by Crippen LogP contribution is -2.12. The summed E-state index contributed by atoms with van der Waals surface area (Å²) < 4.78 is 0. The summed E-state index contributed by atoms with van der Waals surface area (Å²) in [5.74, 6) is 1.09. The number of hydrogen-bond donors (Lipinski definition) is 1. The Hall–Kier alpha value is -0.960. The zero-order valence-electron chi connectivity index (χ0n) is 9.43. The van der Waals surface area contributed by atoms with E-state index in [1.807, 2.05) is 0 Å². The highest BCUT2D eigenvalue weighted by atomic mass is 15.0. The van der Waals surface area contributed by atoms with E-state index in [0.29, 0.717) is 5.41 Å². The van der Waals surface area contributed by atoms with Crippen molar-refractivity contribution in [1.29, 1.82) is 0 Å². The van der Waals surface area contributed by atoms with Gasteiger partial charge in [0.2, 0.25) is 0 Å².